The van der Waals surface area contributed by atoms with Crippen LogP contribution in [0.25, 0.3) is 17.3 Å². The van der Waals surface area contributed by atoms with Gasteiger partial charge in [0.15, 0.2) is 5.76 Å². The van der Waals surface area contributed by atoms with Crippen LogP contribution >= 0.6 is 0 Å². The molecule has 2 atom stereocenters. The van der Waals surface area contributed by atoms with E-state index in [9.17, 15) is 18.9 Å². The van der Waals surface area contributed by atoms with Crippen LogP contribution in [0.2, 0.25) is 0 Å². The third-order valence-electron chi connectivity index (χ3n) is 6.26. The highest BCUT2D eigenvalue weighted by Gasteiger charge is 2.35. The van der Waals surface area contributed by atoms with Gasteiger partial charge in [-0.25, -0.2) is 8.42 Å². The van der Waals surface area contributed by atoms with Crippen molar-refractivity contribution in [3.05, 3.63) is 71.0 Å². The maximum atomic E-state index is 13.7. The molecule has 12 nitrogen and oxygen atoms in total. The van der Waals surface area contributed by atoms with Gasteiger partial charge in [0.2, 0.25) is 21.8 Å². The number of ether oxygens (including phenoxy) is 3. The molecule has 0 bridgehead atoms. The molecule has 0 aliphatic carbocycles. The normalized spacial score (nSPS) is 12.7. The Hall–Kier alpha value is -4.85. The minimum absolute atomic E-state index is 0.130. The number of para-hydroxylation sites is 1. The van der Waals surface area contributed by atoms with E-state index in [-0.39, 0.29) is 22.9 Å². The van der Waals surface area contributed by atoms with Gasteiger partial charge in [-0.15, -0.1) is 10.2 Å². The van der Waals surface area contributed by atoms with Crippen LogP contribution in [-0.2, 0) is 14.8 Å². The van der Waals surface area contributed by atoms with Gasteiger partial charge in [0, 0.05) is 7.11 Å². The van der Waals surface area contributed by atoms with Gasteiger partial charge in [0.25, 0.3) is 0 Å². The number of hydrogen-bond donors (Lipinski definition) is 1. The maximum Gasteiger partial charge on any atom is 0.243 e. The Bertz CT molecular complexity index is 1710. The van der Waals surface area contributed by atoms with Crippen LogP contribution in [0.15, 0.2) is 52.9 Å². The topological polar surface area (TPSA) is 165 Å². The Labute approximate surface area is 231 Å². The number of anilines is 1. The lowest BCUT2D eigenvalue weighted by Gasteiger charge is -2.24. The molecule has 4 rings (SSSR count). The zero-order valence-electron chi connectivity index (χ0n) is 22.4. The number of nitrogens with zero attached hydrogens (tertiary/aromatic N) is 5. The zero-order chi connectivity index (χ0) is 29.0. The Kier molecular flexibility index (Phi) is 8.09. The highest BCUT2D eigenvalue weighted by atomic mass is 32.2. The molecule has 0 saturated heterocycles. The van der Waals surface area contributed by atoms with Gasteiger partial charge in [-0.05, 0) is 55.8 Å². The minimum atomic E-state index is -4.23. The summed E-state index contributed by atoms with van der Waals surface area (Å²) in [6, 6.07) is 16.9. The molecule has 2 heterocycles. The van der Waals surface area contributed by atoms with E-state index in [1.165, 1.54) is 51.0 Å². The van der Waals surface area contributed by atoms with Crippen LogP contribution in [0.1, 0.15) is 35.5 Å². The quantitative estimate of drug-likeness (QED) is 0.297. The molecule has 0 fully saturated rings. The predicted octanol–water partition coefficient (Wildman–Crippen LogP) is 4.11. The van der Waals surface area contributed by atoms with E-state index in [1.54, 1.807) is 37.3 Å². The number of nitriles is 2. The Balaban J connectivity index is 1.83. The SMILES string of the molecule is COc1cccc(OC)c1-n1c(NS(=O)(=O)[C@@H](C)[C@H](OC)c2ccc(C#N)cc2C#N)nnc1-c1ccc(C)o1. The van der Waals surface area contributed by atoms with Crippen molar-refractivity contribution in [2.45, 2.75) is 25.2 Å². The first-order valence-corrected chi connectivity index (χ1v) is 13.5. The van der Waals surface area contributed by atoms with Crippen molar-refractivity contribution in [2.24, 2.45) is 0 Å². The highest BCUT2D eigenvalue weighted by molar-refractivity contribution is 7.93. The van der Waals surface area contributed by atoms with Crippen LogP contribution in [0.4, 0.5) is 5.95 Å². The third kappa shape index (κ3) is 5.20. The van der Waals surface area contributed by atoms with E-state index < -0.39 is 21.4 Å². The van der Waals surface area contributed by atoms with Crippen LogP contribution in [0, 0.1) is 29.6 Å². The lowest BCUT2D eigenvalue weighted by molar-refractivity contribution is 0.102. The molecule has 1 N–H and O–H groups in total. The fourth-order valence-corrected chi connectivity index (χ4v) is 5.41. The molecule has 0 aliphatic heterocycles. The molecule has 0 amide bonds. The first kappa shape index (κ1) is 28.2. The number of aryl methyl sites for hydroxylation is 1. The summed E-state index contributed by atoms with van der Waals surface area (Å²) in [6.07, 6.45) is -1.05. The standard InChI is InChI=1S/C27H26N6O6S/c1-16-9-12-23(39-16)26-30-31-27(33(26)24-21(36-3)7-6-8-22(24)37-4)32-40(34,35)17(2)25(38-5)20-11-10-18(14-28)13-19(20)15-29/h6-13,17,25H,1-5H3,(H,31,32)/t17-,25-/m0/s1. The predicted molar refractivity (Wildman–Crippen MR) is 145 cm³/mol. The van der Waals surface area contributed by atoms with E-state index in [0.717, 1.165) is 0 Å². The average molecular weight is 563 g/mol. The molecular formula is C27H26N6O6S. The van der Waals surface area contributed by atoms with Gasteiger partial charge < -0.3 is 18.6 Å². The van der Waals surface area contributed by atoms with Crippen molar-refractivity contribution in [1.82, 2.24) is 14.8 Å². The molecule has 13 heteroatoms. The van der Waals surface area contributed by atoms with Crippen LogP contribution in [0.3, 0.4) is 0 Å². The Morgan fingerprint density at radius 3 is 2.25 bits per heavy atom. The average Bonchev–Trinajstić information content (AvgIpc) is 3.58. The summed E-state index contributed by atoms with van der Waals surface area (Å²) in [5.74, 6) is 1.72. The van der Waals surface area contributed by atoms with Crippen molar-refractivity contribution < 1.29 is 27.0 Å². The van der Waals surface area contributed by atoms with Crippen molar-refractivity contribution in [2.75, 3.05) is 26.1 Å². The van der Waals surface area contributed by atoms with Crippen molar-refractivity contribution in [1.29, 1.82) is 10.5 Å². The Morgan fingerprint density at radius 1 is 1.00 bits per heavy atom. The molecule has 4 aromatic rings. The number of sulfonamides is 1. The van der Waals surface area contributed by atoms with Crippen molar-refractivity contribution in [3.63, 3.8) is 0 Å². The lowest BCUT2D eigenvalue weighted by atomic mass is 9.99. The smallest absolute Gasteiger partial charge is 0.243 e. The fraction of sp³-hybridized carbons (Fsp3) is 0.259. The number of nitrogens with one attached hydrogen (secondary N) is 1. The minimum Gasteiger partial charge on any atom is -0.494 e. The van der Waals surface area contributed by atoms with Gasteiger partial charge in [-0.1, -0.05) is 12.1 Å². The Morgan fingerprint density at radius 2 is 1.70 bits per heavy atom. The molecular weight excluding hydrogens is 536 g/mol. The van der Waals surface area contributed by atoms with Crippen molar-refractivity contribution >= 4 is 16.0 Å². The first-order chi connectivity index (χ1) is 19.2. The van der Waals surface area contributed by atoms with Gasteiger partial charge in [0.1, 0.15) is 34.3 Å². The van der Waals surface area contributed by atoms with E-state index in [2.05, 4.69) is 14.9 Å². The number of methoxy groups -OCH3 is 3. The lowest BCUT2D eigenvalue weighted by Crippen LogP contribution is -2.33. The van der Waals surface area contributed by atoms with Crippen LogP contribution in [-0.4, -0.2) is 49.8 Å². The van der Waals surface area contributed by atoms with Gasteiger partial charge in [-0.2, -0.15) is 10.5 Å². The first-order valence-electron chi connectivity index (χ1n) is 11.9. The van der Waals surface area contributed by atoms with Gasteiger partial charge >= 0.3 is 0 Å². The number of aromatic nitrogens is 3. The summed E-state index contributed by atoms with van der Waals surface area (Å²) in [5.41, 5.74) is 1.06. The number of rotatable bonds is 10. The fourth-order valence-electron chi connectivity index (χ4n) is 4.25. The van der Waals surface area contributed by atoms with Crippen molar-refractivity contribution in [3.8, 4) is 40.9 Å². The summed E-state index contributed by atoms with van der Waals surface area (Å²) in [6.45, 7) is 3.21. The molecule has 0 aliphatic rings. The molecule has 0 saturated carbocycles. The number of hydrogen-bond acceptors (Lipinski definition) is 10. The second-order valence-corrected chi connectivity index (χ2v) is 10.7. The van der Waals surface area contributed by atoms with E-state index >= 15 is 0 Å². The van der Waals surface area contributed by atoms with E-state index in [1.807, 2.05) is 12.1 Å². The molecule has 0 radical (unpaired) electrons. The number of benzene rings is 2. The van der Waals surface area contributed by atoms with Gasteiger partial charge in [0.05, 0.1) is 37.5 Å². The van der Waals surface area contributed by atoms with E-state index in [4.69, 9.17) is 18.6 Å². The van der Waals surface area contributed by atoms with Crippen LogP contribution in [0.5, 0.6) is 11.5 Å². The summed E-state index contributed by atoms with van der Waals surface area (Å²) in [7, 11) is 0.0532. The summed E-state index contributed by atoms with van der Waals surface area (Å²) in [4.78, 5) is 0. The molecule has 40 heavy (non-hydrogen) atoms. The number of furan rings is 1. The largest absolute Gasteiger partial charge is 0.494 e. The second-order valence-electron chi connectivity index (χ2n) is 8.64. The van der Waals surface area contributed by atoms with Gasteiger partial charge in [-0.3, -0.25) is 9.29 Å². The maximum absolute atomic E-state index is 13.7. The molecule has 2 aromatic carbocycles. The zero-order valence-corrected chi connectivity index (χ0v) is 23.2. The van der Waals surface area contributed by atoms with Crippen LogP contribution < -0.4 is 14.2 Å². The molecule has 2 aromatic heterocycles. The molecule has 0 spiro atoms. The summed E-state index contributed by atoms with van der Waals surface area (Å²) >= 11 is 0. The summed E-state index contributed by atoms with van der Waals surface area (Å²) < 4.78 is 53.9. The second kappa shape index (κ2) is 11.5. The molecule has 206 valence electrons. The third-order valence-corrected chi connectivity index (χ3v) is 7.96. The molecule has 0 unspecified atom stereocenters. The summed E-state index contributed by atoms with van der Waals surface area (Å²) in [5, 5.41) is 26.0. The highest BCUT2D eigenvalue weighted by Crippen LogP contribution is 2.38. The van der Waals surface area contributed by atoms with E-state index in [0.29, 0.717) is 34.3 Å². The monoisotopic (exact) mass is 562 g/mol.